The molecule has 2 heteroatoms. The lowest BCUT2D eigenvalue weighted by Crippen LogP contribution is -2.42. The van der Waals surface area contributed by atoms with E-state index in [0.717, 1.165) is 24.4 Å². The first-order valence-electron chi connectivity index (χ1n) is 9.45. The van der Waals surface area contributed by atoms with E-state index in [1.54, 1.807) is 0 Å². The first kappa shape index (κ1) is 15.6. The van der Waals surface area contributed by atoms with Gasteiger partial charge < -0.3 is 0 Å². The Morgan fingerprint density at radius 1 is 0.885 bits per heavy atom. The van der Waals surface area contributed by atoms with Crippen molar-refractivity contribution in [2.75, 3.05) is 4.90 Å². The summed E-state index contributed by atoms with van der Waals surface area (Å²) in [4.78, 5) is 7.41. The van der Waals surface area contributed by atoms with Crippen molar-refractivity contribution in [1.29, 1.82) is 0 Å². The molecule has 0 radical (unpaired) electrons. The number of fused-ring (bicyclic) bond motifs is 8. The zero-order valence-electron chi connectivity index (χ0n) is 15.5. The molecule has 0 spiro atoms. The van der Waals surface area contributed by atoms with Crippen LogP contribution in [0.1, 0.15) is 32.3 Å². The highest BCUT2D eigenvalue weighted by molar-refractivity contribution is 6.20. The maximum Gasteiger partial charge on any atom is 0.145 e. The van der Waals surface area contributed by atoms with Gasteiger partial charge >= 0.3 is 0 Å². The summed E-state index contributed by atoms with van der Waals surface area (Å²) in [5.74, 6) is 1.85. The SMILES string of the molecule is C=C1/N=C2/c3ccccc3-c3ccccc3N2C(=C)C2CCC1C2(C)C. The van der Waals surface area contributed by atoms with Crippen molar-refractivity contribution in [2.45, 2.75) is 26.7 Å². The minimum Gasteiger partial charge on any atom is -0.298 e. The molecule has 2 heterocycles. The van der Waals surface area contributed by atoms with Gasteiger partial charge in [-0.05, 0) is 29.9 Å². The summed E-state index contributed by atoms with van der Waals surface area (Å²) in [6.45, 7) is 13.7. The number of allylic oxidation sites excluding steroid dienone is 2. The molecule has 0 N–H and O–H groups in total. The molecule has 5 rings (SSSR count). The maximum atomic E-state index is 5.11. The van der Waals surface area contributed by atoms with Gasteiger partial charge in [-0.15, -0.1) is 0 Å². The third-order valence-electron chi connectivity index (χ3n) is 6.70. The first-order valence-corrected chi connectivity index (χ1v) is 9.45. The van der Waals surface area contributed by atoms with Crippen LogP contribution in [0.25, 0.3) is 11.1 Å². The molecule has 1 fully saturated rings. The number of hydrogen-bond acceptors (Lipinski definition) is 2. The molecule has 1 saturated carbocycles. The lowest BCUT2D eigenvalue weighted by molar-refractivity contribution is 0.232. The van der Waals surface area contributed by atoms with Gasteiger partial charge in [-0.3, -0.25) is 4.90 Å². The second kappa shape index (κ2) is 5.20. The van der Waals surface area contributed by atoms with E-state index in [1.807, 2.05) is 0 Å². The fraction of sp³-hybridized carbons (Fsp3) is 0.292. The number of amidine groups is 1. The Labute approximate surface area is 155 Å². The van der Waals surface area contributed by atoms with Gasteiger partial charge in [0.25, 0.3) is 0 Å². The van der Waals surface area contributed by atoms with Gasteiger partial charge in [0.1, 0.15) is 5.84 Å². The Morgan fingerprint density at radius 3 is 2.27 bits per heavy atom. The number of para-hydroxylation sites is 1. The molecule has 2 nitrogen and oxygen atoms in total. The Kier molecular flexibility index (Phi) is 3.13. The Balaban J connectivity index is 1.83. The molecule has 0 aromatic heterocycles. The standard InChI is InChI=1S/C24H24N2/c1-15-20-13-14-21(24(20,3)4)16(2)26-22-12-8-7-10-18(22)17-9-5-6-11-19(17)23(26)25-15/h5-12,20-21H,1-2,13-14H2,3-4H3/b25-23-. The molecule has 2 unspecified atom stereocenters. The minimum atomic E-state index is 0.134. The largest absolute Gasteiger partial charge is 0.298 e. The van der Waals surface area contributed by atoms with Crippen molar-refractivity contribution in [3.63, 3.8) is 0 Å². The fourth-order valence-corrected chi connectivity index (χ4v) is 5.33. The second-order valence-corrected chi connectivity index (χ2v) is 8.32. The molecule has 26 heavy (non-hydrogen) atoms. The van der Waals surface area contributed by atoms with Gasteiger partial charge in [0.15, 0.2) is 0 Å². The Morgan fingerprint density at radius 2 is 1.50 bits per heavy atom. The summed E-state index contributed by atoms with van der Waals surface area (Å²) in [6.07, 6.45) is 2.29. The zero-order valence-corrected chi connectivity index (χ0v) is 15.5. The quantitative estimate of drug-likeness (QED) is 0.573. The van der Waals surface area contributed by atoms with E-state index in [1.165, 1.54) is 28.1 Å². The zero-order chi connectivity index (χ0) is 18.1. The summed E-state index contributed by atoms with van der Waals surface area (Å²) in [5.41, 5.74) is 7.17. The number of hydrogen-bond donors (Lipinski definition) is 0. The van der Waals surface area contributed by atoms with Crippen LogP contribution < -0.4 is 4.90 Å². The number of benzene rings is 2. The van der Waals surface area contributed by atoms with Gasteiger partial charge in [0, 0.05) is 34.4 Å². The molecule has 2 bridgehead atoms. The average molecular weight is 340 g/mol. The molecule has 2 aromatic carbocycles. The van der Waals surface area contributed by atoms with E-state index in [0.29, 0.717) is 11.8 Å². The first-order chi connectivity index (χ1) is 12.5. The normalized spacial score (nSPS) is 27.6. The Hall–Kier alpha value is -2.61. The summed E-state index contributed by atoms with van der Waals surface area (Å²) in [5, 5.41) is 0. The van der Waals surface area contributed by atoms with E-state index in [9.17, 15) is 0 Å². The van der Waals surface area contributed by atoms with Gasteiger partial charge in [0.05, 0.1) is 5.69 Å². The van der Waals surface area contributed by atoms with Crippen molar-refractivity contribution < 1.29 is 0 Å². The van der Waals surface area contributed by atoms with E-state index >= 15 is 0 Å². The molecule has 130 valence electrons. The van der Waals surface area contributed by atoms with Crippen molar-refractivity contribution >= 4 is 11.5 Å². The molecular weight excluding hydrogens is 316 g/mol. The van der Waals surface area contributed by atoms with Gasteiger partial charge in [-0.25, -0.2) is 4.99 Å². The van der Waals surface area contributed by atoms with Crippen molar-refractivity contribution in [2.24, 2.45) is 22.2 Å². The Bertz CT molecular complexity index is 979. The van der Waals surface area contributed by atoms with Crippen LogP contribution in [-0.4, -0.2) is 5.84 Å². The van der Waals surface area contributed by atoms with Crippen LogP contribution in [0.2, 0.25) is 0 Å². The third-order valence-corrected chi connectivity index (χ3v) is 6.70. The maximum absolute atomic E-state index is 5.11. The van der Waals surface area contributed by atoms with E-state index in [-0.39, 0.29) is 5.41 Å². The summed E-state index contributed by atoms with van der Waals surface area (Å²) >= 11 is 0. The molecule has 0 saturated heterocycles. The van der Waals surface area contributed by atoms with Crippen LogP contribution in [-0.2, 0) is 0 Å². The second-order valence-electron chi connectivity index (χ2n) is 8.32. The molecule has 3 aliphatic rings. The van der Waals surface area contributed by atoms with Crippen LogP contribution in [0, 0.1) is 17.3 Å². The molecule has 2 aliphatic heterocycles. The summed E-state index contributed by atoms with van der Waals surface area (Å²) in [7, 11) is 0. The lowest BCUT2D eigenvalue weighted by Gasteiger charge is -2.43. The molecule has 2 atom stereocenters. The van der Waals surface area contributed by atoms with Crippen LogP contribution >= 0.6 is 0 Å². The van der Waals surface area contributed by atoms with Gasteiger partial charge in [-0.2, -0.15) is 0 Å². The van der Waals surface area contributed by atoms with E-state index in [2.05, 4.69) is 80.4 Å². The van der Waals surface area contributed by atoms with Gasteiger partial charge in [0.2, 0.25) is 0 Å². The summed E-state index contributed by atoms with van der Waals surface area (Å²) in [6, 6.07) is 17.2. The van der Waals surface area contributed by atoms with E-state index in [4.69, 9.17) is 4.99 Å². The third kappa shape index (κ3) is 1.90. The smallest absolute Gasteiger partial charge is 0.145 e. The van der Waals surface area contributed by atoms with Crippen molar-refractivity contribution in [3.8, 4) is 11.1 Å². The van der Waals surface area contributed by atoms with E-state index < -0.39 is 0 Å². The minimum absolute atomic E-state index is 0.134. The molecular formula is C24H24N2. The highest BCUT2D eigenvalue weighted by Gasteiger charge is 2.49. The number of nitrogens with zero attached hydrogens (tertiary/aromatic N) is 2. The van der Waals surface area contributed by atoms with Crippen molar-refractivity contribution in [3.05, 3.63) is 78.6 Å². The molecule has 1 aliphatic carbocycles. The summed E-state index contributed by atoms with van der Waals surface area (Å²) < 4.78 is 0. The number of anilines is 1. The predicted octanol–water partition coefficient (Wildman–Crippen LogP) is 6.01. The number of rotatable bonds is 0. The fourth-order valence-electron chi connectivity index (χ4n) is 5.33. The predicted molar refractivity (Wildman–Crippen MR) is 109 cm³/mol. The molecule has 2 aromatic rings. The average Bonchev–Trinajstić information content (AvgIpc) is 2.98. The van der Waals surface area contributed by atoms with Crippen LogP contribution in [0.4, 0.5) is 5.69 Å². The van der Waals surface area contributed by atoms with Crippen LogP contribution in [0.15, 0.2) is 78.1 Å². The highest BCUT2D eigenvalue weighted by atomic mass is 15.2. The number of aliphatic imine (C=N–C) groups is 1. The lowest BCUT2D eigenvalue weighted by atomic mass is 9.72. The van der Waals surface area contributed by atoms with Crippen molar-refractivity contribution in [1.82, 2.24) is 0 Å². The van der Waals surface area contributed by atoms with Crippen LogP contribution in [0.5, 0.6) is 0 Å². The highest BCUT2D eigenvalue weighted by Crippen LogP contribution is 2.56. The van der Waals surface area contributed by atoms with Gasteiger partial charge in [-0.1, -0.05) is 69.5 Å². The topological polar surface area (TPSA) is 15.6 Å². The monoisotopic (exact) mass is 340 g/mol. The van der Waals surface area contributed by atoms with Crippen LogP contribution in [0.3, 0.4) is 0 Å². The molecule has 0 amide bonds.